The van der Waals surface area contributed by atoms with Gasteiger partial charge in [0.1, 0.15) is 12.1 Å². The van der Waals surface area contributed by atoms with Crippen molar-refractivity contribution >= 4 is 17.7 Å². The molecule has 3 amide bonds. The molecule has 0 aliphatic carbocycles. The normalized spacial score (nSPS) is 19.7. The molecule has 2 N–H and O–H groups in total. The molecule has 0 spiro atoms. The van der Waals surface area contributed by atoms with E-state index in [0.29, 0.717) is 18.7 Å². The van der Waals surface area contributed by atoms with E-state index in [2.05, 4.69) is 10.4 Å². The van der Waals surface area contributed by atoms with Crippen LogP contribution in [0.1, 0.15) is 41.8 Å². The van der Waals surface area contributed by atoms with Crippen molar-refractivity contribution in [3.05, 3.63) is 77.5 Å². The topological polar surface area (TPSA) is 108 Å². The summed E-state index contributed by atoms with van der Waals surface area (Å²) in [5, 5.41) is 17.5. The van der Waals surface area contributed by atoms with Crippen LogP contribution in [0.15, 0.2) is 60.8 Å². The van der Waals surface area contributed by atoms with Crippen molar-refractivity contribution in [2.24, 2.45) is 13.0 Å². The van der Waals surface area contributed by atoms with Gasteiger partial charge in [-0.25, -0.2) is 0 Å². The van der Waals surface area contributed by atoms with E-state index in [-0.39, 0.29) is 36.6 Å². The second-order valence-corrected chi connectivity index (χ2v) is 10.4. The largest absolute Gasteiger partial charge is 0.391 e. The maximum absolute atomic E-state index is 13.8. The third kappa shape index (κ3) is 4.81. The van der Waals surface area contributed by atoms with Crippen molar-refractivity contribution in [2.45, 2.75) is 51.5 Å². The first kappa shape index (κ1) is 25.7. The minimum atomic E-state index is -0.799. The van der Waals surface area contributed by atoms with Crippen molar-refractivity contribution < 1.29 is 19.5 Å². The molecule has 3 atom stereocenters. The van der Waals surface area contributed by atoms with Gasteiger partial charge >= 0.3 is 0 Å². The Morgan fingerprint density at radius 3 is 2.50 bits per heavy atom. The summed E-state index contributed by atoms with van der Waals surface area (Å²) in [6.07, 6.45) is 1.11. The lowest BCUT2D eigenvalue weighted by Crippen LogP contribution is -2.55. The average Bonchev–Trinajstić information content (AvgIpc) is 3.60. The molecular weight excluding hydrogens is 482 g/mol. The summed E-state index contributed by atoms with van der Waals surface area (Å²) < 4.78 is 1.80. The highest BCUT2D eigenvalue weighted by atomic mass is 16.3. The number of benzene rings is 2. The molecule has 2 aliphatic rings. The lowest BCUT2D eigenvalue weighted by atomic mass is 10.0. The molecule has 3 aromatic rings. The zero-order valence-electron chi connectivity index (χ0n) is 21.9. The Labute approximate surface area is 222 Å². The van der Waals surface area contributed by atoms with Gasteiger partial charge in [0.15, 0.2) is 0 Å². The van der Waals surface area contributed by atoms with Gasteiger partial charge in [-0.05, 0) is 34.7 Å². The molecule has 1 saturated heterocycles. The summed E-state index contributed by atoms with van der Waals surface area (Å²) in [6, 6.07) is 15.6. The summed E-state index contributed by atoms with van der Waals surface area (Å²) in [6.45, 7) is 4.51. The number of nitrogens with zero attached hydrogens (tertiary/aromatic N) is 4. The summed E-state index contributed by atoms with van der Waals surface area (Å²) in [5.41, 5.74) is 4.43. The van der Waals surface area contributed by atoms with Gasteiger partial charge in [-0.2, -0.15) is 5.10 Å². The molecule has 1 unspecified atom stereocenters. The Hall–Kier alpha value is -3.98. The fourth-order valence-electron chi connectivity index (χ4n) is 5.51. The minimum Gasteiger partial charge on any atom is -0.391 e. The van der Waals surface area contributed by atoms with Gasteiger partial charge in [0, 0.05) is 44.9 Å². The minimum absolute atomic E-state index is 0.0640. The molecule has 38 heavy (non-hydrogen) atoms. The number of aromatic nitrogens is 2. The number of amides is 3. The first-order chi connectivity index (χ1) is 18.2. The van der Waals surface area contributed by atoms with Gasteiger partial charge < -0.3 is 20.2 Å². The van der Waals surface area contributed by atoms with Crippen LogP contribution in [0, 0.1) is 5.92 Å². The number of nitrogens with one attached hydrogen (secondary N) is 1. The number of hydrogen-bond donors (Lipinski definition) is 2. The molecular formula is C29H33N5O4. The summed E-state index contributed by atoms with van der Waals surface area (Å²) in [4.78, 5) is 43.2. The second kappa shape index (κ2) is 10.4. The van der Waals surface area contributed by atoms with E-state index in [4.69, 9.17) is 0 Å². The Morgan fingerprint density at radius 2 is 1.84 bits per heavy atom. The highest BCUT2D eigenvalue weighted by Crippen LogP contribution is 2.30. The van der Waals surface area contributed by atoms with E-state index in [9.17, 15) is 19.5 Å². The molecule has 9 nitrogen and oxygen atoms in total. The van der Waals surface area contributed by atoms with Crippen LogP contribution in [0.4, 0.5) is 0 Å². The molecule has 1 aromatic heterocycles. The lowest BCUT2D eigenvalue weighted by molar-refractivity contribution is -0.143. The third-order valence-electron chi connectivity index (χ3n) is 7.47. The van der Waals surface area contributed by atoms with Crippen molar-refractivity contribution in [2.75, 3.05) is 6.54 Å². The average molecular weight is 516 g/mol. The van der Waals surface area contributed by atoms with E-state index in [0.717, 1.165) is 22.4 Å². The molecule has 0 radical (unpaired) electrons. The maximum Gasteiger partial charge on any atom is 0.255 e. The Morgan fingerprint density at radius 1 is 1.11 bits per heavy atom. The number of carbonyl (C=O) groups is 3. The number of aliphatic hydroxyl groups is 1. The molecule has 2 aliphatic heterocycles. The van der Waals surface area contributed by atoms with E-state index < -0.39 is 18.2 Å². The van der Waals surface area contributed by atoms with E-state index >= 15 is 0 Å². The summed E-state index contributed by atoms with van der Waals surface area (Å²) >= 11 is 0. The van der Waals surface area contributed by atoms with Crippen LogP contribution in [-0.4, -0.2) is 67.1 Å². The van der Waals surface area contributed by atoms with Crippen LogP contribution in [0.3, 0.4) is 0 Å². The number of rotatable bonds is 7. The van der Waals surface area contributed by atoms with Crippen molar-refractivity contribution in [3.63, 3.8) is 0 Å². The number of hydrogen-bond acceptors (Lipinski definition) is 5. The Bertz CT molecular complexity index is 1350. The van der Waals surface area contributed by atoms with Crippen molar-refractivity contribution in [1.82, 2.24) is 24.9 Å². The first-order valence-corrected chi connectivity index (χ1v) is 13.0. The van der Waals surface area contributed by atoms with E-state index in [1.165, 1.54) is 4.90 Å². The fourth-order valence-corrected chi connectivity index (χ4v) is 5.51. The molecule has 0 saturated carbocycles. The smallest absolute Gasteiger partial charge is 0.255 e. The van der Waals surface area contributed by atoms with Gasteiger partial charge in [-0.1, -0.05) is 56.3 Å². The van der Waals surface area contributed by atoms with Crippen LogP contribution in [-0.2, 0) is 29.7 Å². The number of β-amino-alcohol motifs (C(OH)–C–C–N with tert-alkyl or cyclic N) is 1. The fraction of sp³-hybridized carbons (Fsp3) is 0.379. The van der Waals surface area contributed by atoms with Crippen LogP contribution in [0.25, 0.3) is 11.3 Å². The Kier molecular flexibility index (Phi) is 7.03. The molecule has 9 heteroatoms. The van der Waals surface area contributed by atoms with Crippen LogP contribution in [0.5, 0.6) is 0 Å². The van der Waals surface area contributed by atoms with Crippen molar-refractivity contribution in [3.8, 4) is 11.3 Å². The summed E-state index contributed by atoms with van der Waals surface area (Å²) in [7, 11) is 1.88. The molecule has 198 valence electrons. The molecule has 1 fully saturated rings. The summed E-state index contributed by atoms with van der Waals surface area (Å²) in [5.74, 6) is -0.967. The number of carbonyl (C=O) groups excluding carboxylic acids is 3. The van der Waals surface area contributed by atoms with Crippen LogP contribution >= 0.6 is 0 Å². The maximum atomic E-state index is 13.8. The highest BCUT2D eigenvalue weighted by Gasteiger charge is 2.45. The highest BCUT2D eigenvalue weighted by molar-refractivity contribution is 6.01. The van der Waals surface area contributed by atoms with E-state index in [1.807, 2.05) is 69.4 Å². The predicted octanol–water partition coefficient (Wildman–Crippen LogP) is 2.35. The van der Waals surface area contributed by atoms with Gasteiger partial charge in [0.25, 0.3) is 5.91 Å². The van der Waals surface area contributed by atoms with Gasteiger partial charge in [-0.3, -0.25) is 19.1 Å². The third-order valence-corrected chi connectivity index (χ3v) is 7.47. The van der Waals surface area contributed by atoms with E-state index in [1.54, 1.807) is 21.8 Å². The number of aryl methyl sites for hydroxylation is 1. The van der Waals surface area contributed by atoms with Gasteiger partial charge in [-0.15, -0.1) is 0 Å². The zero-order chi connectivity index (χ0) is 27.0. The number of aliphatic hydroxyl groups excluding tert-OH is 1. The molecule has 2 aromatic carbocycles. The Balaban J connectivity index is 1.27. The lowest BCUT2D eigenvalue weighted by Gasteiger charge is -2.35. The monoisotopic (exact) mass is 515 g/mol. The molecule has 3 heterocycles. The van der Waals surface area contributed by atoms with Crippen molar-refractivity contribution in [1.29, 1.82) is 0 Å². The second-order valence-electron chi connectivity index (χ2n) is 10.4. The quantitative estimate of drug-likeness (QED) is 0.502. The SMILES string of the molecule is CC(C)C(C(=O)N1C[C@H](O)C[C@H]1C(=O)NCc1ccc(-c2ccnn2C)cc1)N1Cc2ccccc2C1=O. The zero-order valence-corrected chi connectivity index (χ0v) is 21.9. The standard InChI is InChI=1S/C29H33N5O4/c1-18(2)26(34-16-21-6-4-5-7-23(21)28(34)37)29(38)33-17-22(35)14-25(33)27(36)30-15-19-8-10-20(11-9-19)24-12-13-31-32(24)3/h4-13,18,22,25-26,35H,14-17H2,1-3H3,(H,30,36)/t22-,25+,26?/m1/s1. The van der Waals surface area contributed by atoms with Crippen LogP contribution in [0.2, 0.25) is 0 Å². The first-order valence-electron chi connectivity index (χ1n) is 13.0. The molecule has 0 bridgehead atoms. The number of likely N-dealkylation sites (tertiary alicyclic amines) is 1. The number of fused-ring (bicyclic) bond motifs is 1. The van der Waals surface area contributed by atoms with Gasteiger partial charge in [0.05, 0.1) is 11.8 Å². The van der Waals surface area contributed by atoms with Crippen LogP contribution < -0.4 is 5.32 Å². The van der Waals surface area contributed by atoms with Gasteiger partial charge in [0.2, 0.25) is 11.8 Å². The molecule has 5 rings (SSSR count). The predicted molar refractivity (Wildman–Crippen MR) is 142 cm³/mol.